The van der Waals surface area contributed by atoms with Gasteiger partial charge >= 0.3 is 0 Å². The van der Waals surface area contributed by atoms with Crippen molar-refractivity contribution in [2.75, 3.05) is 6.54 Å². The van der Waals surface area contributed by atoms with E-state index >= 15 is 0 Å². The second-order valence-corrected chi connectivity index (χ2v) is 4.39. The van der Waals surface area contributed by atoms with Crippen molar-refractivity contribution in [3.05, 3.63) is 0 Å². The molecule has 0 rings (SSSR count). The maximum absolute atomic E-state index is 4.91. The summed E-state index contributed by atoms with van der Waals surface area (Å²) in [5.41, 5.74) is 3.49. The highest BCUT2D eigenvalue weighted by molar-refractivity contribution is 8.00. The molecule has 0 aliphatic heterocycles. The zero-order valence-corrected chi connectivity index (χ0v) is 11.0. The van der Waals surface area contributed by atoms with Gasteiger partial charge in [-0.2, -0.15) is 0 Å². The first-order valence-electron chi connectivity index (χ1n) is 4.66. The lowest BCUT2D eigenvalue weighted by atomic mass is 10.2. The molecule has 3 N–H and O–H groups in total. The van der Waals surface area contributed by atoms with Crippen molar-refractivity contribution >= 4 is 29.2 Å². The standard InChI is InChI=1S/C7H15NS2.C2H7N/c1-5(2)8(6(3)4)7(9)10;1-2-3/h5-6H,1-4H3,(H,9,10);2-3H2,1H3. The lowest BCUT2D eigenvalue weighted by Crippen LogP contribution is -2.48. The SMILES string of the molecule is CC(C)N(C(=S)[S-])C(C)C.CC[NH3+]. The van der Waals surface area contributed by atoms with E-state index in [1.54, 1.807) is 0 Å². The molecule has 2 nitrogen and oxygen atoms in total. The van der Waals surface area contributed by atoms with Crippen LogP contribution in [0.15, 0.2) is 0 Å². The van der Waals surface area contributed by atoms with Crippen LogP contribution in [0.5, 0.6) is 0 Å². The number of quaternary nitrogens is 1. The first kappa shape index (κ1) is 15.5. The number of nitrogens with zero attached hydrogens (tertiary/aromatic N) is 1. The van der Waals surface area contributed by atoms with Crippen molar-refractivity contribution < 1.29 is 5.73 Å². The fourth-order valence-corrected chi connectivity index (χ4v) is 1.86. The molecule has 0 aliphatic rings. The first-order valence-corrected chi connectivity index (χ1v) is 5.48. The molecule has 0 atom stereocenters. The van der Waals surface area contributed by atoms with Crippen molar-refractivity contribution in [2.24, 2.45) is 0 Å². The zero-order valence-electron chi connectivity index (χ0n) is 9.33. The Morgan fingerprint density at radius 2 is 1.54 bits per heavy atom. The largest absolute Gasteiger partial charge is 0.411 e. The van der Waals surface area contributed by atoms with Crippen LogP contribution in [0.2, 0.25) is 0 Å². The maximum Gasteiger partial charge on any atom is 0.0711 e. The Kier molecular flexibility index (Phi) is 10.3. The van der Waals surface area contributed by atoms with E-state index in [2.05, 4.69) is 33.4 Å². The maximum atomic E-state index is 4.91. The molecule has 0 unspecified atom stereocenters. The summed E-state index contributed by atoms with van der Waals surface area (Å²) in [4.78, 5) is 2.05. The Hall–Kier alpha value is 0.0700. The van der Waals surface area contributed by atoms with E-state index < -0.39 is 0 Å². The van der Waals surface area contributed by atoms with Crippen LogP contribution in [0, 0.1) is 0 Å². The average Bonchev–Trinajstić information content (AvgIpc) is 1.84. The summed E-state index contributed by atoms with van der Waals surface area (Å²) in [5, 5.41) is 0. The van der Waals surface area contributed by atoms with Gasteiger partial charge in [-0.05, 0) is 34.6 Å². The minimum absolute atomic E-state index is 0.421. The molecule has 0 aromatic carbocycles. The highest BCUT2D eigenvalue weighted by Gasteiger charge is 2.08. The normalized spacial score (nSPS) is 9.54. The Morgan fingerprint density at radius 1 is 1.31 bits per heavy atom. The Labute approximate surface area is 93.3 Å². The van der Waals surface area contributed by atoms with Gasteiger partial charge in [0.05, 0.1) is 6.54 Å². The van der Waals surface area contributed by atoms with Gasteiger partial charge < -0.3 is 35.5 Å². The highest BCUT2D eigenvalue weighted by Crippen LogP contribution is 2.05. The molecule has 4 heteroatoms. The van der Waals surface area contributed by atoms with Crippen molar-refractivity contribution in [3.63, 3.8) is 0 Å². The summed E-state index contributed by atoms with van der Waals surface area (Å²) in [6.45, 7) is 11.4. The lowest BCUT2D eigenvalue weighted by molar-refractivity contribution is -0.361. The zero-order chi connectivity index (χ0) is 11.0. The molecular formula is C9H22N2S2. The lowest BCUT2D eigenvalue weighted by Gasteiger charge is -2.36. The van der Waals surface area contributed by atoms with Gasteiger partial charge in [-0.25, -0.2) is 0 Å². The molecule has 0 saturated heterocycles. The van der Waals surface area contributed by atoms with Crippen LogP contribution in [-0.2, 0) is 12.6 Å². The highest BCUT2D eigenvalue weighted by atomic mass is 32.1. The first-order chi connectivity index (χ1) is 5.88. The van der Waals surface area contributed by atoms with Crippen molar-refractivity contribution in [3.8, 4) is 0 Å². The van der Waals surface area contributed by atoms with Crippen LogP contribution < -0.4 is 5.73 Å². The van der Waals surface area contributed by atoms with E-state index in [0.29, 0.717) is 16.4 Å². The van der Waals surface area contributed by atoms with Gasteiger partial charge in [0.25, 0.3) is 0 Å². The minimum Gasteiger partial charge on any atom is -0.411 e. The Balaban J connectivity index is 0. The fraction of sp³-hybridized carbons (Fsp3) is 0.889. The van der Waals surface area contributed by atoms with Gasteiger partial charge in [0.1, 0.15) is 0 Å². The van der Waals surface area contributed by atoms with Crippen molar-refractivity contribution in [1.82, 2.24) is 4.90 Å². The second-order valence-electron chi connectivity index (χ2n) is 3.36. The van der Waals surface area contributed by atoms with E-state index in [1.165, 1.54) is 0 Å². The van der Waals surface area contributed by atoms with Crippen LogP contribution in [0.25, 0.3) is 0 Å². The Bertz CT molecular complexity index is 128. The molecule has 0 bridgehead atoms. The number of thiocarbonyl (C=S) groups is 1. The van der Waals surface area contributed by atoms with Gasteiger partial charge in [0.15, 0.2) is 0 Å². The van der Waals surface area contributed by atoms with E-state index in [1.807, 2.05) is 11.8 Å². The second kappa shape index (κ2) is 8.66. The minimum atomic E-state index is 0.421. The molecule has 0 fully saturated rings. The summed E-state index contributed by atoms with van der Waals surface area (Å²) >= 11 is 9.82. The van der Waals surface area contributed by atoms with E-state index in [4.69, 9.17) is 24.8 Å². The number of rotatable bonds is 2. The number of hydrogen-bond donors (Lipinski definition) is 1. The molecule has 0 aromatic rings. The molecule has 0 aromatic heterocycles. The molecule has 0 aliphatic carbocycles. The van der Waals surface area contributed by atoms with Crippen LogP contribution in [0.3, 0.4) is 0 Å². The van der Waals surface area contributed by atoms with E-state index in [9.17, 15) is 0 Å². The predicted molar refractivity (Wildman–Crippen MR) is 65.5 cm³/mol. The molecule has 0 radical (unpaired) electrons. The van der Waals surface area contributed by atoms with Gasteiger partial charge in [-0.1, -0.05) is 4.32 Å². The molecule has 13 heavy (non-hydrogen) atoms. The fourth-order valence-electron chi connectivity index (χ4n) is 1.02. The topological polar surface area (TPSA) is 30.9 Å². The van der Waals surface area contributed by atoms with Crippen LogP contribution in [0.4, 0.5) is 0 Å². The van der Waals surface area contributed by atoms with Gasteiger partial charge in [0.2, 0.25) is 0 Å². The molecular weight excluding hydrogens is 200 g/mol. The van der Waals surface area contributed by atoms with E-state index in [0.717, 1.165) is 6.54 Å². The molecule has 0 amide bonds. The van der Waals surface area contributed by atoms with Crippen LogP contribution >= 0.6 is 12.2 Å². The van der Waals surface area contributed by atoms with Gasteiger partial charge in [-0.15, -0.1) is 0 Å². The average molecular weight is 222 g/mol. The van der Waals surface area contributed by atoms with Crippen LogP contribution in [-0.4, -0.2) is 27.8 Å². The molecule has 0 heterocycles. The third-order valence-corrected chi connectivity index (χ3v) is 1.75. The van der Waals surface area contributed by atoms with Crippen molar-refractivity contribution in [1.29, 1.82) is 0 Å². The summed E-state index contributed by atoms with van der Waals surface area (Å²) < 4.78 is 0.574. The summed E-state index contributed by atoms with van der Waals surface area (Å²) in [7, 11) is 0. The van der Waals surface area contributed by atoms with Crippen molar-refractivity contribution in [2.45, 2.75) is 46.7 Å². The third kappa shape index (κ3) is 8.40. The van der Waals surface area contributed by atoms with Crippen LogP contribution in [0.1, 0.15) is 34.6 Å². The molecule has 0 spiro atoms. The molecule has 80 valence electrons. The quantitative estimate of drug-likeness (QED) is 0.562. The number of hydrogen-bond acceptors (Lipinski definition) is 2. The van der Waals surface area contributed by atoms with Gasteiger partial charge in [0, 0.05) is 12.1 Å². The summed E-state index contributed by atoms with van der Waals surface area (Å²) in [6, 6.07) is 0.843. The monoisotopic (exact) mass is 222 g/mol. The molecule has 0 saturated carbocycles. The van der Waals surface area contributed by atoms with Gasteiger partial charge in [-0.3, -0.25) is 0 Å². The summed E-state index contributed by atoms with van der Waals surface area (Å²) in [5.74, 6) is 0. The predicted octanol–water partition coefficient (Wildman–Crippen LogP) is 1.19. The van der Waals surface area contributed by atoms with E-state index in [-0.39, 0.29) is 0 Å². The Morgan fingerprint density at radius 3 is 1.54 bits per heavy atom. The third-order valence-electron chi connectivity index (χ3n) is 1.32. The summed E-state index contributed by atoms with van der Waals surface area (Å²) in [6.07, 6.45) is 0. The smallest absolute Gasteiger partial charge is 0.0711 e.